The lowest BCUT2D eigenvalue weighted by molar-refractivity contribution is -0.121. The molecule has 3 aromatic carbocycles. The van der Waals surface area contributed by atoms with Crippen molar-refractivity contribution in [2.45, 2.75) is 57.8 Å². The van der Waals surface area contributed by atoms with Gasteiger partial charge in [0.05, 0.1) is 30.0 Å². The molecule has 41 heavy (non-hydrogen) atoms. The Morgan fingerprint density at radius 3 is 2.41 bits per heavy atom. The topological polar surface area (TPSA) is 78.8 Å². The molecule has 3 fully saturated rings. The zero-order valence-electron chi connectivity index (χ0n) is 23.7. The summed E-state index contributed by atoms with van der Waals surface area (Å²) < 4.78 is 1.79. The van der Waals surface area contributed by atoms with Gasteiger partial charge in [0.15, 0.2) is 0 Å². The second-order valence-electron chi connectivity index (χ2n) is 12.5. The fourth-order valence-corrected chi connectivity index (χ4v) is 6.86. The highest BCUT2D eigenvalue weighted by atomic mass is 16.2. The van der Waals surface area contributed by atoms with E-state index in [-0.39, 0.29) is 35.2 Å². The Labute approximate surface area is 239 Å². The van der Waals surface area contributed by atoms with Crippen LogP contribution in [0.1, 0.15) is 49.4 Å². The van der Waals surface area contributed by atoms with E-state index in [2.05, 4.69) is 20.8 Å². The summed E-state index contributed by atoms with van der Waals surface area (Å²) in [6.07, 6.45) is 0. The molecule has 1 aromatic heterocycles. The number of carbonyl (C=O) groups excluding carboxylic acids is 3. The number of hydrogen-bond donors (Lipinski definition) is 0. The molecule has 7 rings (SSSR count). The molecule has 3 aliphatic heterocycles. The average molecular weight is 548 g/mol. The van der Waals surface area contributed by atoms with Gasteiger partial charge in [-0.1, -0.05) is 94.4 Å². The summed E-state index contributed by atoms with van der Waals surface area (Å²) in [7, 11) is 0. The largest absolute Gasteiger partial charge is 0.332 e. The standard InChI is InChI=1S/C33H33N5O3/c1-20-26-19-35(30(39)25-17-27(33(2,3)4)34-36(25)18-21-11-6-5-7-12-21)28(20)29-31(40)38(32(41)37(26)29)24-16-10-14-22-13-8-9-15-23(22)24/h5-17,20,26,28-29H,18-19H2,1-4H3/t20-,26?,28?,29?/m0/s1. The van der Waals surface area contributed by atoms with E-state index >= 15 is 0 Å². The third-order valence-corrected chi connectivity index (χ3v) is 8.97. The van der Waals surface area contributed by atoms with Crippen LogP contribution in [-0.4, -0.2) is 62.1 Å². The van der Waals surface area contributed by atoms with Gasteiger partial charge in [-0.25, -0.2) is 9.69 Å². The summed E-state index contributed by atoms with van der Waals surface area (Å²) in [5, 5.41) is 6.67. The predicted octanol–water partition coefficient (Wildman–Crippen LogP) is 5.06. The highest BCUT2D eigenvalue weighted by Gasteiger charge is 2.66. The van der Waals surface area contributed by atoms with Gasteiger partial charge >= 0.3 is 6.03 Å². The maximum Gasteiger partial charge on any atom is 0.332 e. The molecule has 3 unspecified atom stereocenters. The molecule has 0 radical (unpaired) electrons. The summed E-state index contributed by atoms with van der Waals surface area (Å²) in [6, 6.07) is 23.7. The van der Waals surface area contributed by atoms with Crippen molar-refractivity contribution in [2.24, 2.45) is 5.92 Å². The number of aromatic nitrogens is 2. The van der Waals surface area contributed by atoms with E-state index in [4.69, 9.17) is 5.10 Å². The lowest BCUT2D eigenvalue weighted by Gasteiger charge is -2.34. The number of amides is 4. The van der Waals surface area contributed by atoms with Gasteiger partial charge in [-0.15, -0.1) is 0 Å². The number of urea groups is 1. The molecule has 0 aliphatic carbocycles. The monoisotopic (exact) mass is 547 g/mol. The average Bonchev–Trinajstić information content (AvgIpc) is 3.68. The molecular weight excluding hydrogens is 514 g/mol. The van der Waals surface area contributed by atoms with Crippen molar-refractivity contribution < 1.29 is 14.4 Å². The van der Waals surface area contributed by atoms with E-state index in [0.717, 1.165) is 22.0 Å². The van der Waals surface area contributed by atoms with Crippen molar-refractivity contribution in [1.29, 1.82) is 0 Å². The summed E-state index contributed by atoms with van der Waals surface area (Å²) in [6.45, 7) is 9.16. The Morgan fingerprint density at radius 1 is 0.951 bits per heavy atom. The van der Waals surface area contributed by atoms with Crippen molar-refractivity contribution in [3.05, 3.63) is 95.8 Å². The summed E-state index contributed by atoms with van der Waals surface area (Å²) >= 11 is 0. The number of nitrogens with zero attached hydrogens (tertiary/aromatic N) is 5. The van der Waals surface area contributed by atoms with E-state index in [1.54, 1.807) is 9.58 Å². The van der Waals surface area contributed by atoms with Crippen LogP contribution in [0, 0.1) is 5.92 Å². The van der Waals surface area contributed by atoms with Crippen LogP contribution in [0.25, 0.3) is 10.8 Å². The van der Waals surface area contributed by atoms with Crippen LogP contribution in [-0.2, 0) is 16.8 Å². The van der Waals surface area contributed by atoms with Crippen LogP contribution in [0.4, 0.5) is 10.5 Å². The number of piperazine rings is 1. The molecule has 4 atom stereocenters. The molecule has 8 nitrogen and oxygen atoms in total. The number of hydrogen-bond acceptors (Lipinski definition) is 4. The highest BCUT2D eigenvalue weighted by molar-refractivity contribution is 6.25. The maximum absolute atomic E-state index is 14.3. The second kappa shape index (κ2) is 9.03. The molecule has 4 amide bonds. The molecule has 0 saturated carbocycles. The number of anilines is 1. The fraction of sp³-hybridized carbons (Fsp3) is 0.333. The molecular formula is C33H33N5O3. The lowest BCUT2D eigenvalue weighted by Crippen LogP contribution is -2.55. The van der Waals surface area contributed by atoms with Gasteiger partial charge in [0.2, 0.25) is 0 Å². The fourth-order valence-electron chi connectivity index (χ4n) is 6.86. The van der Waals surface area contributed by atoms with Crippen LogP contribution in [0.3, 0.4) is 0 Å². The van der Waals surface area contributed by atoms with Crippen molar-refractivity contribution in [3.8, 4) is 0 Å². The summed E-state index contributed by atoms with van der Waals surface area (Å²) in [5.41, 5.74) is 2.75. The van der Waals surface area contributed by atoms with Crippen molar-refractivity contribution in [1.82, 2.24) is 19.6 Å². The Bertz CT molecular complexity index is 1700. The number of carbonyl (C=O) groups is 3. The van der Waals surface area contributed by atoms with Gasteiger partial charge in [0.25, 0.3) is 11.8 Å². The van der Waals surface area contributed by atoms with E-state index < -0.39 is 12.1 Å². The number of likely N-dealkylation sites (tertiary alicyclic amines) is 1. The molecule has 0 N–H and O–H groups in total. The van der Waals surface area contributed by atoms with Gasteiger partial charge in [-0.3, -0.25) is 14.3 Å². The van der Waals surface area contributed by atoms with Gasteiger partial charge < -0.3 is 9.80 Å². The van der Waals surface area contributed by atoms with E-state index in [1.807, 2.05) is 90.7 Å². The number of benzene rings is 3. The third kappa shape index (κ3) is 3.80. The van der Waals surface area contributed by atoms with Gasteiger partial charge in [0, 0.05) is 23.3 Å². The minimum absolute atomic E-state index is 0.0147. The first-order chi connectivity index (χ1) is 19.6. The lowest BCUT2D eigenvalue weighted by atomic mass is 9.92. The number of imide groups is 1. The molecule has 208 valence electrons. The van der Waals surface area contributed by atoms with Crippen molar-refractivity contribution in [2.75, 3.05) is 11.4 Å². The molecule has 3 saturated heterocycles. The molecule has 4 aromatic rings. The maximum atomic E-state index is 14.3. The molecule has 8 heteroatoms. The minimum Gasteiger partial charge on any atom is -0.329 e. The van der Waals surface area contributed by atoms with Crippen LogP contribution in [0.2, 0.25) is 0 Å². The van der Waals surface area contributed by atoms with Crippen molar-refractivity contribution in [3.63, 3.8) is 0 Å². The predicted molar refractivity (Wildman–Crippen MR) is 157 cm³/mol. The molecule has 3 aliphatic rings. The first-order valence-electron chi connectivity index (χ1n) is 14.2. The van der Waals surface area contributed by atoms with Gasteiger partial charge in [-0.05, 0) is 23.1 Å². The second-order valence-corrected chi connectivity index (χ2v) is 12.5. The third-order valence-electron chi connectivity index (χ3n) is 8.97. The highest BCUT2D eigenvalue weighted by Crippen LogP contribution is 2.47. The zero-order valence-corrected chi connectivity index (χ0v) is 23.7. The molecule has 4 heterocycles. The Kier molecular flexibility index (Phi) is 5.61. The number of rotatable bonds is 4. The van der Waals surface area contributed by atoms with Crippen LogP contribution >= 0.6 is 0 Å². The van der Waals surface area contributed by atoms with Crippen molar-refractivity contribution >= 4 is 34.3 Å². The molecule has 2 bridgehead atoms. The van der Waals surface area contributed by atoms with Gasteiger partial charge in [0.1, 0.15) is 11.7 Å². The van der Waals surface area contributed by atoms with Crippen LogP contribution in [0.15, 0.2) is 78.9 Å². The van der Waals surface area contributed by atoms with E-state index in [1.165, 1.54) is 4.90 Å². The zero-order chi connectivity index (χ0) is 28.6. The summed E-state index contributed by atoms with van der Waals surface area (Å²) in [4.78, 5) is 47.0. The van der Waals surface area contributed by atoms with Crippen LogP contribution < -0.4 is 4.90 Å². The SMILES string of the molecule is C[C@@H]1C2C3C(=O)N(c4cccc5ccccc45)C(=O)N3C1CN2C(=O)c1cc(C(C)(C)C)nn1Cc1ccccc1. The smallest absolute Gasteiger partial charge is 0.329 e. The van der Waals surface area contributed by atoms with E-state index in [0.29, 0.717) is 24.5 Å². The van der Waals surface area contributed by atoms with E-state index in [9.17, 15) is 14.4 Å². The Balaban J connectivity index is 1.24. The minimum atomic E-state index is -0.702. The Hall–Kier alpha value is -4.46. The van der Waals surface area contributed by atoms with Gasteiger partial charge in [-0.2, -0.15) is 5.10 Å². The first kappa shape index (κ1) is 25.5. The Morgan fingerprint density at radius 2 is 1.66 bits per heavy atom. The molecule has 0 spiro atoms. The quantitative estimate of drug-likeness (QED) is 0.335. The summed E-state index contributed by atoms with van der Waals surface area (Å²) in [5.74, 6) is -0.428. The van der Waals surface area contributed by atoms with Crippen LogP contribution in [0.5, 0.6) is 0 Å². The number of fused-ring (bicyclic) bond motifs is 6. The first-order valence-corrected chi connectivity index (χ1v) is 14.2. The normalized spacial score (nSPS) is 23.7.